The van der Waals surface area contributed by atoms with Crippen LogP contribution in [-0.2, 0) is 12.7 Å². The van der Waals surface area contributed by atoms with Crippen LogP contribution in [0.4, 0.5) is 18.0 Å². The maximum Gasteiger partial charge on any atom is 0.416 e. The Hall–Kier alpha value is -3.06. The molecule has 7 nitrogen and oxygen atoms in total. The first-order valence-electron chi connectivity index (χ1n) is 10.0. The SMILES string of the molecule is N#CCCCC1CN(C(=O)NCCCl)Cc2c1nc(-c1ccc(C(F)(F)F)cc1)[nH]c2=O. The first-order chi connectivity index (χ1) is 15.2. The minimum Gasteiger partial charge on any atom is -0.337 e. The maximum atomic E-state index is 12.8. The minimum absolute atomic E-state index is 0.0494. The summed E-state index contributed by atoms with van der Waals surface area (Å²) in [5.41, 5.74) is -0.0756. The number of rotatable bonds is 6. The van der Waals surface area contributed by atoms with E-state index in [1.54, 1.807) is 0 Å². The number of hydrogen-bond acceptors (Lipinski definition) is 4. The number of aromatic amines is 1. The molecule has 32 heavy (non-hydrogen) atoms. The molecule has 1 unspecified atom stereocenters. The molecule has 0 saturated carbocycles. The third-order valence-corrected chi connectivity index (χ3v) is 5.40. The van der Waals surface area contributed by atoms with Crippen LogP contribution >= 0.6 is 11.6 Å². The summed E-state index contributed by atoms with van der Waals surface area (Å²) in [6, 6.07) is 6.10. The highest BCUT2D eigenvalue weighted by atomic mass is 35.5. The van der Waals surface area contributed by atoms with E-state index >= 15 is 0 Å². The van der Waals surface area contributed by atoms with E-state index in [2.05, 4.69) is 21.4 Å². The van der Waals surface area contributed by atoms with Crippen molar-refractivity contribution in [3.05, 3.63) is 51.4 Å². The van der Waals surface area contributed by atoms with Gasteiger partial charge < -0.3 is 15.2 Å². The van der Waals surface area contributed by atoms with Crippen molar-refractivity contribution in [3.8, 4) is 17.5 Å². The molecule has 1 aromatic carbocycles. The summed E-state index contributed by atoms with van der Waals surface area (Å²) in [6.45, 7) is 0.633. The third-order valence-electron chi connectivity index (χ3n) is 5.21. The second kappa shape index (κ2) is 10.0. The van der Waals surface area contributed by atoms with E-state index in [0.29, 0.717) is 42.6 Å². The standard InChI is InChI=1S/C21H21ClF3N5O2/c22-8-10-27-20(32)30-11-14(3-1-2-9-26)17-16(12-30)19(31)29-18(28-17)13-4-6-15(7-5-13)21(23,24)25/h4-7,14H,1-3,8,10-12H2,(H,27,32)(H,28,29,31). The van der Waals surface area contributed by atoms with E-state index < -0.39 is 17.3 Å². The van der Waals surface area contributed by atoms with Crippen molar-refractivity contribution in [1.82, 2.24) is 20.2 Å². The van der Waals surface area contributed by atoms with Crippen molar-refractivity contribution < 1.29 is 18.0 Å². The largest absolute Gasteiger partial charge is 0.416 e. The van der Waals surface area contributed by atoms with Gasteiger partial charge >= 0.3 is 12.2 Å². The number of nitrogens with zero attached hydrogens (tertiary/aromatic N) is 3. The van der Waals surface area contributed by atoms with Gasteiger partial charge in [0.25, 0.3) is 5.56 Å². The van der Waals surface area contributed by atoms with Gasteiger partial charge in [-0.3, -0.25) is 4.79 Å². The van der Waals surface area contributed by atoms with E-state index in [0.717, 1.165) is 12.1 Å². The van der Waals surface area contributed by atoms with Gasteiger partial charge in [-0.05, 0) is 25.0 Å². The molecule has 2 heterocycles. The lowest BCUT2D eigenvalue weighted by molar-refractivity contribution is -0.137. The van der Waals surface area contributed by atoms with Crippen LogP contribution in [0.5, 0.6) is 0 Å². The van der Waals surface area contributed by atoms with E-state index in [1.165, 1.54) is 17.0 Å². The quantitative estimate of drug-likeness (QED) is 0.495. The molecule has 0 fully saturated rings. The average Bonchev–Trinajstić information content (AvgIpc) is 2.77. The summed E-state index contributed by atoms with van der Waals surface area (Å²) in [5, 5.41) is 11.5. The zero-order chi connectivity index (χ0) is 23.3. The lowest BCUT2D eigenvalue weighted by Crippen LogP contribution is -2.46. The molecule has 0 spiro atoms. The average molecular weight is 468 g/mol. The highest BCUT2D eigenvalue weighted by Crippen LogP contribution is 2.32. The van der Waals surface area contributed by atoms with Gasteiger partial charge in [-0.15, -0.1) is 11.6 Å². The Balaban J connectivity index is 1.96. The van der Waals surface area contributed by atoms with Crippen LogP contribution in [0.3, 0.4) is 0 Å². The number of aromatic nitrogens is 2. The predicted molar refractivity (Wildman–Crippen MR) is 112 cm³/mol. The van der Waals surface area contributed by atoms with Gasteiger partial charge in [0.1, 0.15) is 5.82 Å². The van der Waals surface area contributed by atoms with Gasteiger partial charge in [0.2, 0.25) is 0 Å². The number of urea groups is 1. The number of fused-ring (bicyclic) bond motifs is 1. The van der Waals surface area contributed by atoms with Crippen molar-refractivity contribution in [2.24, 2.45) is 0 Å². The topological polar surface area (TPSA) is 102 Å². The minimum atomic E-state index is -4.46. The highest BCUT2D eigenvalue weighted by molar-refractivity contribution is 6.18. The molecule has 2 amide bonds. The molecule has 2 aromatic rings. The van der Waals surface area contributed by atoms with Gasteiger partial charge in [-0.2, -0.15) is 18.4 Å². The molecule has 3 rings (SSSR count). The summed E-state index contributed by atoms with van der Waals surface area (Å²) < 4.78 is 38.5. The molecular formula is C21H21ClF3N5O2. The second-order valence-electron chi connectivity index (χ2n) is 7.40. The smallest absolute Gasteiger partial charge is 0.337 e. The summed E-state index contributed by atoms with van der Waals surface area (Å²) in [5.74, 6) is 0.123. The number of alkyl halides is 4. The summed E-state index contributed by atoms with van der Waals surface area (Å²) >= 11 is 5.62. The molecule has 1 atom stereocenters. The fourth-order valence-electron chi connectivity index (χ4n) is 3.64. The highest BCUT2D eigenvalue weighted by Gasteiger charge is 2.32. The van der Waals surface area contributed by atoms with Crippen LogP contribution in [0, 0.1) is 11.3 Å². The Labute approximate surface area is 187 Å². The lowest BCUT2D eigenvalue weighted by atomic mass is 9.91. The van der Waals surface area contributed by atoms with Crippen LogP contribution in [0.2, 0.25) is 0 Å². The Kier molecular flexibility index (Phi) is 7.40. The Morgan fingerprint density at radius 2 is 2.06 bits per heavy atom. The molecule has 2 N–H and O–H groups in total. The van der Waals surface area contributed by atoms with Crippen LogP contribution in [0.1, 0.15) is 42.0 Å². The number of halogens is 4. The number of carbonyl (C=O) groups is 1. The van der Waals surface area contributed by atoms with E-state index in [1.807, 2.05) is 0 Å². The van der Waals surface area contributed by atoms with Crippen LogP contribution in [0.15, 0.2) is 29.1 Å². The van der Waals surface area contributed by atoms with Gasteiger partial charge in [0.15, 0.2) is 0 Å². The van der Waals surface area contributed by atoms with Crippen molar-refractivity contribution in [1.29, 1.82) is 5.26 Å². The van der Waals surface area contributed by atoms with Crippen LogP contribution in [0.25, 0.3) is 11.4 Å². The first-order valence-corrected chi connectivity index (χ1v) is 10.5. The van der Waals surface area contributed by atoms with Crippen molar-refractivity contribution in [2.75, 3.05) is 19.0 Å². The number of nitrogens with one attached hydrogen (secondary N) is 2. The molecule has 170 valence electrons. The number of amides is 2. The molecule has 1 aliphatic rings. The Morgan fingerprint density at radius 3 is 2.69 bits per heavy atom. The number of unbranched alkanes of at least 4 members (excludes halogenated alkanes) is 1. The van der Waals surface area contributed by atoms with Crippen molar-refractivity contribution in [2.45, 2.75) is 37.9 Å². The lowest BCUT2D eigenvalue weighted by Gasteiger charge is -2.33. The van der Waals surface area contributed by atoms with Crippen LogP contribution < -0.4 is 10.9 Å². The second-order valence-corrected chi connectivity index (χ2v) is 7.78. The molecule has 1 aliphatic heterocycles. The summed E-state index contributed by atoms with van der Waals surface area (Å²) in [6.07, 6.45) is -3.06. The zero-order valence-corrected chi connectivity index (χ0v) is 17.8. The maximum absolute atomic E-state index is 12.8. The monoisotopic (exact) mass is 467 g/mol. The number of nitriles is 1. The molecule has 0 aliphatic carbocycles. The molecule has 0 bridgehead atoms. The number of hydrogen-bond donors (Lipinski definition) is 2. The number of carbonyl (C=O) groups excluding carboxylic acids is 1. The predicted octanol–water partition coefficient (Wildman–Crippen LogP) is 4.00. The Morgan fingerprint density at radius 1 is 1.34 bits per heavy atom. The van der Waals surface area contributed by atoms with E-state index in [4.69, 9.17) is 16.9 Å². The normalized spacial score (nSPS) is 15.7. The zero-order valence-electron chi connectivity index (χ0n) is 17.0. The number of H-pyrrole nitrogens is 1. The van der Waals surface area contributed by atoms with Gasteiger partial charge in [0, 0.05) is 36.9 Å². The molecule has 0 saturated heterocycles. The van der Waals surface area contributed by atoms with Crippen molar-refractivity contribution >= 4 is 17.6 Å². The summed E-state index contributed by atoms with van der Waals surface area (Å²) in [7, 11) is 0. The first kappa shape index (κ1) is 23.6. The van der Waals surface area contributed by atoms with Gasteiger partial charge in [0.05, 0.1) is 29.4 Å². The van der Waals surface area contributed by atoms with Crippen molar-refractivity contribution in [3.63, 3.8) is 0 Å². The van der Waals surface area contributed by atoms with E-state index in [-0.39, 0.29) is 36.7 Å². The fraction of sp³-hybridized carbons (Fsp3) is 0.429. The third kappa shape index (κ3) is 5.40. The molecular weight excluding hydrogens is 447 g/mol. The molecule has 11 heteroatoms. The van der Waals surface area contributed by atoms with Gasteiger partial charge in [-0.25, -0.2) is 9.78 Å². The molecule has 1 aromatic heterocycles. The number of benzene rings is 1. The van der Waals surface area contributed by atoms with Crippen LogP contribution in [-0.4, -0.2) is 39.9 Å². The van der Waals surface area contributed by atoms with E-state index in [9.17, 15) is 22.8 Å². The fourth-order valence-corrected chi connectivity index (χ4v) is 3.74. The Bertz CT molecular complexity index is 1060. The van der Waals surface area contributed by atoms with Gasteiger partial charge in [-0.1, -0.05) is 12.1 Å². The molecule has 0 radical (unpaired) electrons. The summed E-state index contributed by atoms with van der Waals surface area (Å²) in [4.78, 5) is 33.9.